The topological polar surface area (TPSA) is 46.5 Å². The minimum Gasteiger partial charge on any atom is -0.508 e. The maximum Gasteiger partial charge on any atom is 0.135 e. The first-order valence-corrected chi connectivity index (χ1v) is 8.03. The van der Waals surface area contributed by atoms with Gasteiger partial charge in [-0.05, 0) is 42.5 Å². The van der Waals surface area contributed by atoms with E-state index in [1.54, 1.807) is 19.2 Å². The molecule has 1 N–H and O–H groups in total. The van der Waals surface area contributed by atoms with Crippen LogP contribution in [0.5, 0.6) is 5.75 Å². The van der Waals surface area contributed by atoms with Gasteiger partial charge in [0.2, 0.25) is 0 Å². The Morgan fingerprint density at radius 2 is 1.65 bits per heavy atom. The van der Waals surface area contributed by atoms with E-state index in [2.05, 4.69) is 0 Å². The van der Waals surface area contributed by atoms with Crippen molar-refractivity contribution in [3.8, 4) is 5.75 Å². The first kappa shape index (κ1) is 17.2. The lowest BCUT2D eigenvalue weighted by Crippen LogP contribution is -2.17. The van der Waals surface area contributed by atoms with Crippen molar-refractivity contribution in [2.24, 2.45) is 0 Å². The smallest absolute Gasteiger partial charge is 0.135 e. The second-order valence-electron chi connectivity index (χ2n) is 5.79. The predicted molar refractivity (Wildman–Crippen MR) is 91.6 cm³/mol. The number of ketones is 1. The lowest BCUT2D eigenvalue weighted by Gasteiger charge is -2.14. The molecule has 122 valence electrons. The molecule has 0 aliphatic rings. The Morgan fingerprint density at radius 1 is 1.00 bits per heavy atom. The summed E-state index contributed by atoms with van der Waals surface area (Å²) in [5, 5.41) is 9.28. The van der Waals surface area contributed by atoms with Gasteiger partial charge in [-0.15, -0.1) is 0 Å². The third-order valence-corrected chi connectivity index (χ3v) is 4.02. The van der Waals surface area contributed by atoms with Crippen LogP contribution >= 0.6 is 0 Å². The van der Waals surface area contributed by atoms with Crippen molar-refractivity contribution in [2.75, 3.05) is 7.11 Å². The predicted octanol–water partition coefficient (Wildman–Crippen LogP) is 3.93. The Hall–Kier alpha value is -2.13. The van der Waals surface area contributed by atoms with E-state index in [1.807, 2.05) is 42.5 Å². The number of phenolic OH excluding ortho intramolecular Hbond substituents is 1. The minimum atomic E-state index is -0.0490. The Labute approximate surface area is 137 Å². The van der Waals surface area contributed by atoms with E-state index >= 15 is 0 Å². The standard InChI is InChI=1S/C20H24O3/c1-23-20(14-10-17-7-11-18(21)12-8-17)15-19(22)13-9-16-5-3-2-4-6-16/h2-8,11-12,20-21H,9-10,13-15H2,1H3/t20-/m1/s1. The Kier molecular flexibility index (Phi) is 6.82. The molecular weight excluding hydrogens is 288 g/mol. The zero-order valence-electron chi connectivity index (χ0n) is 13.6. The summed E-state index contributed by atoms with van der Waals surface area (Å²) in [5.74, 6) is 0.513. The van der Waals surface area contributed by atoms with E-state index in [9.17, 15) is 9.90 Å². The van der Waals surface area contributed by atoms with Gasteiger partial charge in [-0.1, -0.05) is 42.5 Å². The van der Waals surface area contributed by atoms with Gasteiger partial charge >= 0.3 is 0 Å². The van der Waals surface area contributed by atoms with Crippen LogP contribution in [0.1, 0.15) is 30.4 Å². The average Bonchev–Trinajstić information content (AvgIpc) is 2.59. The van der Waals surface area contributed by atoms with E-state index in [-0.39, 0.29) is 17.6 Å². The van der Waals surface area contributed by atoms with E-state index in [0.29, 0.717) is 12.8 Å². The van der Waals surface area contributed by atoms with Gasteiger partial charge < -0.3 is 9.84 Å². The monoisotopic (exact) mass is 312 g/mol. The number of aryl methyl sites for hydroxylation is 2. The van der Waals surface area contributed by atoms with Gasteiger partial charge in [0.05, 0.1) is 6.10 Å². The summed E-state index contributed by atoms with van der Waals surface area (Å²) in [4.78, 5) is 12.1. The molecule has 23 heavy (non-hydrogen) atoms. The van der Waals surface area contributed by atoms with E-state index < -0.39 is 0 Å². The highest BCUT2D eigenvalue weighted by Crippen LogP contribution is 2.15. The molecule has 0 bridgehead atoms. The number of phenols is 1. The van der Waals surface area contributed by atoms with Crippen molar-refractivity contribution in [3.63, 3.8) is 0 Å². The summed E-state index contributed by atoms with van der Waals surface area (Å²) in [7, 11) is 1.66. The van der Waals surface area contributed by atoms with Crippen molar-refractivity contribution in [2.45, 2.75) is 38.2 Å². The third-order valence-electron chi connectivity index (χ3n) is 4.02. The van der Waals surface area contributed by atoms with Gasteiger partial charge in [-0.3, -0.25) is 4.79 Å². The molecule has 1 atom stereocenters. The van der Waals surface area contributed by atoms with Crippen LogP contribution in [0, 0.1) is 0 Å². The number of carbonyl (C=O) groups is 1. The summed E-state index contributed by atoms with van der Waals surface area (Å²) in [6.45, 7) is 0. The van der Waals surface area contributed by atoms with Crippen LogP contribution in [0.2, 0.25) is 0 Å². The van der Waals surface area contributed by atoms with Crippen molar-refractivity contribution >= 4 is 5.78 Å². The number of hydrogen-bond donors (Lipinski definition) is 1. The molecule has 0 aromatic heterocycles. The highest BCUT2D eigenvalue weighted by Gasteiger charge is 2.13. The van der Waals surface area contributed by atoms with Crippen molar-refractivity contribution < 1.29 is 14.6 Å². The molecule has 0 fully saturated rings. The molecule has 0 saturated carbocycles. The number of carbonyl (C=O) groups excluding carboxylic acids is 1. The van der Waals surface area contributed by atoms with Crippen LogP contribution < -0.4 is 0 Å². The van der Waals surface area contributed by atoms with Crippen molar-refractivity contribution in [3.05, 3.63) is 65.7 Å². The zero-order chi connectivity index (χ0) is 16.5. The zero-order valence-corrected chi connectivity index (χ0v) is 13.6. The number of aromatic hydroxyl groups is 1. The SMILES string of the molecule is CO[C@H](CCc1ccc(O)cc1)CC(=O)CCc1ccccc1. The second kappa shape index (κ2) is 9.11. The van der Waals surface area contributed by atoms with E-state index in [1.165, 1.54) is 5.56 Å². The lowest BCUT2D eigenvalue weighted by atomic mass is 10.00. The van der Waals surface area contributed by atoms with Crippen LogP contribution in [-0.2, 0) is 22.4 Å². The lowest BCUT2D eigenvalue weighted by molar-refractivity contribution is -0.121. The van der Waals surface area contributed by atoms with E-state index in [0.717, 1.165) is 24.8 Å². The second-order valence-corrected chi connectivity index (χ2v) is 5.79. The fourth-order valence-electron chi connectivity index (χ4n) is 2.58. The number of rotatable bonds is 9. The van der Waals surface area contributed by atoms with Crippen LogP contribution in [0.4, 0.5) is 0 Å². The first-order valence-electron chi connectivity index (χ1n) is 8.03. The summed E-state index contributed by atoms with van der Waals surface area (Å²) in [5.41, 5.74) is 2.33. The third kappa shape index (κ3) is 6.25. The van der Waals surface area contributed by atoms with Gasteiger partial charge in [0.25, 0.3) is 0 Å². The molecule has 0 radical (unpaired) electrons. The molecule has 0 aliphatic carbocycles. The van der Waals surface area contributed by atoms with Crippen LogP contribution in [-0.4, -0.2) is 24.1 Å². The first-order chi connectivity index (χ1) is 11.2. The fraction of sp³-hybridized carbons (Fsp3) is 0.350. The molecule has 0 aliphatic heterocycles. The molecule has 3 nitrogen and oxygen atoms in total. The Bertz CT molecular complexity index is 590. The maximum absolute atomic E-state index is 12.1. The molecule has 3 heteroatoms. The summed E-state index contributed by atoms with van der Waals surface area (Å²) in [6.07, 6.45) is 3.40. The number of methoxy groups -OCH3 is 1. The van der Waals surface area contributed by atoms with Gasteiger partial charge in [0.15, 0.2) is 0 Å². The minimum absolute atomic E-state index is 0.0490. The maximum atomic E-state index is 12.1. The summed E-state index contributed by atoms with van der Waals surface area (Å²) < 4.78 is 5.45. The molecule has 2 aromatic carbocycles. The normalized spacial score (nSPS) is 12.0. The summed E-state index contributed by atoms with van der Waals surface area (Å²) >= 11 is 0. The average molecular weight is 312 g/mol. The number of hydrogen-bond acceptors (Lipinski definition) is 3. The number of Topliss-reactive ketones (excluding diaryl/α,β-unsaturated/α-hetero) is 1. The van der Waals surface area contributed by atoms with Gasteiger partial charge in [-0.2, -0.15) is 0 Å². The quantitative estimate of drug-likeness (QED) is 0.763. The molecular formula is C20H24O3. The van der Waals surface area contributed by atoms with Crippen molar-refractivity contribution in [1.29, 1.82) is 0 Å². The largest absolute Gasteiger partial charge is 0.508 e. The van der Waals surface area contributed by atoms with E-state index in [4.69, 9.17) is 4.74 Å². The highest BCUT2D eigenvalue weighted by molar-refractivity contribution is 5.79. The molecule has 0 unspecified atom stereocenters. The molecule has 0 heterocycles. The molecule has 2 aromatic rings. The number of ether oxygens (including phenoxy) is 1. The highest BCUT2D eigenvalue weighted by atomic mass is 16.5. The fourth-order valence-corrected chi connectivity index (χ4v) is 2.58. The van der Waals surface area contributed by atoms with Gasteiger partial charge in [0, 0.05) is 20.0 Å². The number of benzene rings is 2. The molecule has 0 spiro atoms. The summed E-state index contributed by atoms with van der Waals surface area (Å²) in [6, 6.07) is 17.2. The Morgan fingerprint density at radius 3 is 2.30 bits per heavy atom. The van der Waals surface area contributed by atoms with Crippen molar-refractivity contribution in [1.82, 2.24) is 0 Å². The molecule has 0 saturated heterocycles. The van der Waals surface area contributed by atoms with Gasteiger partial charge in [0.1, 0.15) is 11.5 Å². The molecule has 2 rings (SSSR count). The van der Waals surface area contributed by atoms with Gasteiger partial charge in [-0.25, -0.2) is 0 Å². The van der Waals surface area contributed by atoms with Crippen LogP contribution in [0.3, 0.4) is 0 Å². The Balaban J connectivity index is 1.74. The van der Waals surface area contributed by atoms with Crippen LogP contribution in [0.25, 0.3) is 0 Å². The molecule has 0 amide bonds. The van der Waals surface area contributed by atoms with Crippen LogP contribution in [0.15, 0.2) is 54.6 Å².